The van der Waals surface area contributed by atoms with E-state index < -0.39 is 0 Å². The third-order valence-electron chi connectivity index (χ3n) is 7.99. The molecule has 0 saturated heterocycles. The molecule has 8 heteroatoms. The molecule has 1 heterocycles. The van der Waals surface area contributed by atoms with Crippen LogP contribution in [0.25, 0.3) is 5.69 Å². The number of carbonyl (C=O) groups is 1. The van der Waals surface area contributed by atoms with E-state index in [-0.39, 0.29) is 11.3 Å². The first-order chi connectivity index (χ1) is 17.0. The summed E-state index contributed by atoms with van der Waals surface area (Å²) in [4.78, 5) is 13.5. The molecule has 4 aliphatic rings. The molecule has 0 spiro atoms. The molecule has 5 nitrogen and oxygen atoms in total. The number of hydrogen-bond donors (Lipinski definition) is 1. The lowest BCUT2D eigenvalue weighted by Crippen LogP contribution is -2.53. The zero-order chi connectivity index (χ0) is 24.0. The SMILES string of the molecule is O=C(NCc1nnc(SCc2ccccc2)n1-c1ccc(Cl)cc1Cl)C12CC3CC(CC(C3)C1)C2. The summed E-state index contributed by atoms with van der Waals surface area (Å²) in [5.74, 6) is 3.79. The normalized spacial score (nSPS) is 26.7. The van der Waals surface area contributed by atoms with Gasteiger partial charge >= 0.3 is 0 Å². The molecule has 1 aromatic heterocycles. The Morgan fingerprint density at radius 1 is 1.00 bits per heavy atom. The van der Waals surface area contributed by atoms with Crippen LogP contribution in [0.2, 0.25) is 10.0 Å². The van der Waals surface area contributed by atoms with E-state index in [1.807, 2.05) is 34.9 Å². The van der Waals surface area contributed by atoms with Crippen LogP contribution in [0.15, 0.2) is 53.7 Å². The summed E-state index contributed by atoms with van der Waals surface area (Å²) in [6.07, 6.45) is 7.07. The van der Waals surface area contributed by atoms with Gasteiger partial charge in [0.25, 0.3) is 0 Å². The quantitative estimate of drug-likeness (QED) is 0.348. The number of benzene rings is 2. The number of amides is 1. The van der Waals surface area contributed by atoms with Gasteiger partial charge in [0.15, 0.2) is 11.0 Å². The van der Waals surface area contributed by atoms with Crippen LogP contribution < -0.4 is 5.32 Å². The van der Waals surface area contributed by atoms with Crippen LogP contribution in [0.3, 0.4) is 0 Å². The second-order valence-corrected chi connectivity index (χ2v) is 12.3. The van der Waals surface area contributed by atoms with E-state index >= 15 is 0 Å². The van der Waals surface area contributed by atoms with Crippen molar-refractivity contribution in [1.29, 1.82) is 0 Å². The lowest BCUT2D eigenvalue weighted by atomic mass is 9.49. The Labute approximate surface area is 220 Å². The van der Waals surface area contributed by atoms with E-state index in [1.165, 1.54) is 24.8 Å². The Morgan fingerprint density at radius 3 is 2.34 bits per heavy atom. The van der Waals surface area contributed by atoms with E-state index in [9.17, 15) is 4.79 Å². The fraction of sp³-hybridized carbons (Fsp3) is 0.444. The number of aromatic nitrogens is 3. The van der Waals surface area contributed by atoms with Crippen LogP contribution in [0.1, 0.15) is 49.9 Å². The molecule has 2 aromatic carbocycles. The molecule has 182 valence electrons. The minimum atomic E-state index is -0.192. The van der Waals surface area contributed by atoms with Crippen molar-refractivity contribution in [3.05, 3.63) is 70.0 Å². The Kier molecular flexibility index (Phi) is 6.32. The van der Waals surface area contributed by atoms with Gasteiger partial charge in [-0.25, -0.2) is 0 Å². The number of rotatable bonds is 7. The van der Waals surface area contributed by atoms with Gasteiger partial charge in [-0.1, -0.05) is 65.3 Å². The summed E-state index contributed by atoms with van der Waals surface area (Å²) in [6.45, 7) is 0.318. The van der Waals surface area contributed by atoms with Gasteiger partial charge in [-0.05, 0) is 80.0 Å². The van der Waals surface area contributed by atoms with Crippen molar-refractivity contribution in [3.8, 4) is 5.69 Å². The van der Waals surface area contributed by atoms with E-state index in [4.69, 9.17) is 23.2 Å². The molecule has 4 saturated carbocycles. The molecule has 0 aliphatic heterocycles. The smallest absolute Gasteiger partial charge is 0.226 e. The fourth-order valence-electron chi connectivity index (χ4n) is 6.87. The largest absolute Gasteiger partial charge is 0.348 e. The molecule has 0 radical (unpaired) electrons. The topological polar surface area (TPSA) is 59.8 Å². The molecule has 4 fully saturated rings. The first-order valence-corrected chi connectivity index (χ1v) is 14.1. The Hall–Kier alpha value is -2.02. The Morgan fingerprint density at radius 2 is 1.69 bits per heavy atom. The predicted octanol–water partition coefficient (Wildman–Crippen LogP) is 6.70. The second-order valence-electron chi connectivity index (χ2n) is 10.5. The van der Waals surface area contributed by atoms with Crippen molar-refractivity contribution < 1.29 is 4.79 Å². The summed E-state index contributed by atoms with van der Waals surface area (Å²) >= 11 is 14.4. The summed E-state index contributed by atoms with van der Waals surface area (Å²) in [5.41, 5.74) is 1.77. The highest BCUT2D eigenvalue weighted by atomic mass is 35.5. The van der Waals surface area contributed by atoms with E-state index in [0.29, 0.717) is 22.4 Å². The average molecular weight is 528 g/mol. The van der Waals surface area contributed by atoms with Crippen LogP contribution in [-0.4, -0.2) is 20.7 Å². The van der Waals surface area contributed by atoms with Crippen LogP contribution in [0.5, 0.6) is 0 Å². The third-order valence-corrected chi connectivity index (χ3v) is 9.53. The van der Waals surface area contributed by atoms with Crippen molar-refractivity contribution in [2.75, 3.05) is 0 Å². The molecule has 4 aliphatic carbocycles. The van der Waals surface area contributed by atoms with Crippen molar-refractivity contribution >= 4 is 40.9 Å². The van der Waals surface area contributed by atoms with E-state index in [1.54, 1.807) is 17.8 Å². The lowest BCUT2D eigenvalue weighted by Gasteiger charge is -2.55. The maximum Gasteiger partial charge on any atom is 0.226 e. The fourth-order valence-corrected chi connectivity index (χ4v) is 8.28. The van der Waals surface area contributed by atoms with Gasteiger partial charge in [-0.2, -0.15) is 0 Å². The molecule has 3 aromatic rings. The number of nitrogens with zero attached hydrogens (tertiary/aromatic N) is 3. The van der Waals surface area contributed by atoms with Gasteiger partial charge in [-0.3, -0.25) is 9.36 Å². The maximum atomic E-state index is 13.5. The predicted molar refractivity (Wildman–Crippen MR) is 140 cm³/mol. The Bertz CT molecular complexity index is 1210. The van der Waals surface area contributed by atoms with E-state index in [0.717, 1.165) is 53.6 Å². The summed E-state index contributed by atoms with van der Waals surface area (Å²) in [7, 11) is 0. The van der Waals surface area contributed by atoms with Crippen molar-refractivity contribution in [2.24, 2.45) is 23.2 Å². The van der Waals surface area contributed by atoms with Gasteiger partial charge in [0, 0.05) is 16.2 Å². The first-order valence-electron chi connectivity index (χ1n) is 12.3. The highest BCUT2D eigenvalue weighted by molar-refractivity contribution is 7.98. The Balaban J connectivity index is 1.25. The summed E-state index contributed by atoms with van der Waals surface area (Å²) in [5, 5.41) is 14.0. The number of hydrogen-bond acceptors (Lipinski definition) is 4. The molecule has 0 atom stereocenters. The highest BCUT2D eigenvalue weighted by Crippen LogP contribution is 2.60. The second kappa shape index (κ2) is 9.45. The molecule has 0 unspecified atom stereocenters. The molecule has 1 N–H and O–H groups in total. The molecule has 1 amide bonds. The van der Waals surface area contributed by atoms with Crippen molar-refractivity contribution in [2.45, 2.75) is 56.0 Å². The number of halogens is 2. The monoisotopic (exact) mass is 526 g/mol. The number of thioether (sulfide) groups is 1. The van der Waals surface area contributed by atoms with Crippen LogP contribution in [0, 0.1) is 23.2 Å². The molecule has 4 bridgehead atoms. The lowest BCUT2D eigenvalue weighted by molar-refractivity contribution is -0.146. The van der Waals surface area contributed by atoms with E-state index in [2.05, 4.69) is 27.6 Å². The van der Waals surface area contributed by atoms with Gasteiger partial charge in [0.1, 0.15) is 0 Å². The molecule has 7 rings (SSSR count). The van der Waals surface area contributed by atoms with Crippen LogP contribution in [0.4, 0.5) is 0 Å². The van der Waals surface area contributed by atoms with Crippen LogP contribution in [-0.2, 0) is 17.1 Å². The van der Waals surface area contributed by atoms with Gasteiger partial charge < -0.3 is 5.32 Å². The minimum absolute atomic E-state index is 0.187. The van der Waals surface area contributed by atoms with Gasteiger partial charge in [0.2, 0.25) is 5.91 Å². The van der Waals surface area contributed by atoms with Crippen molar-refractivity contribution in [1.82, 2.24) is 20.1 Å². The minimum Gasteiger partial charge on any atom is -0.348 e. The number of nitrogens with one attached hydrogen (secondary N) is 1. The third kappa shape index (κ3) is 4.61. The maximum absolute atomic E-state index is 13.5. The van der Waals surface area contributed by atoms with Crippen molar-refractivity contribution in [3.63, 3.8) is 0 Å². The van der Waals surface area contributed by atoms with Gasteiger partial charge in [-0.15, -0.1) is 10.2 Å². The first kappa shape index (κ1) is 23.4. The zero-order valence-corrected chi connectivity index (χ0v) is 21.8. The highest BCUT2D eigenvalue weighted by Gasteiger charge is 2.54. The average Bonchev–Trinajstić information content (AvgIpc) is 3.23. The molecular weight excluding hydrogens is 499 g/mol. The standard InChI is InChI=1S/C27H28Cl2N4OS/c28-21-6-7-23(22(29)11-21)33-24(31-32-26(33)35-16-17-4-2-1-3-5-17)15-30-25(34)27-12-18-8-19(13-27)10-20(9-18)14-27/h1-7,11,18-20H,8-10,12-16H2,(H,30,34). The number of carbonyl (C=O) groups excluding carboxylic acids is 1. The summed E-state index contributed by atoms with van der Waals surface area (Å²) < 4.78 is 1.95. The zero-order valence-electron chi connectivity index (χ0n) is 19.4. The molecular formula is C27H28Cl2N4OS. The van der Waals surface area contributed by atoms with Gasteiger partial charge in [0.05, 0.1) is 17.3 Å². The summed E-state index contributed by atoms with van der Waals surface area (Å²) in [6, 6.07) is 15.7. The van der Waals surface area contributed by atoms with Crippen LogP contribution >= 0.6 is 35.0 Å². The molecule has 35 heavy (non-hydrogen) atoms.